The van der Waals surface area contributed by atoms with Crippen molar-refractivity contribution in [3.05, 3.63) is 45.2 Å². The number of amides is 1. The average Bonchev–Trinajstić information content (AvgIpc) is 3.34. The van der Waals surface area contributed by atoms with Gasteiger partial charge in [0.1, 0.15) is 22.8 Å². The van der Waals surface area contributed by atoms with E-state index in [0.29, 0.717) is 16.4 Å². The number of phenols is 1. The second-order valence-corrected chi connectivity index (χ2v) is 12.2. The first-order chi connectivity index (χ1) is 19.2. The van der Waals surface area contributed by atoms with Gasteiger partial charge in [-0.25, -0.2) is 4.98 Å². The number of aliphatic hydroxyl groups is 3. The number of nitrogens with two attached hydrogens (primary N) is 1. The van der Waals surface area contributed by atoms with Gasteiger partial charge in [-0.1, -0.05) is 6.92 Å². The minimum Gasteiger partial charge on any atom is -0.508 e. The van der Waals surface area contributed by atoms with Gasteiger partial charge in [-0.2, -0.15) is 0 Å². The Labute approximate surface area is 240 Å². The highest BCUT2D eigenvalue weighted by molar-refractivity contribution is 7.15. The number of aromatic nitrogens is 1. The lowest BCUT2D eigenvalue weighted by Crippen LogP contribution is -2.65. The van der Waals surface area contributed by atoms with Crippen LogP contribution in [-0.2, 0) is 27.2 Å². The van der Waals surface area contributed by atoms with Crippen molar-refractivity contribution in [2.24, 2.45) is 17.6 Å². The number of fused-ring (bicyclic) bond motifs is 3. The Bertz CT molecular complexity index is 1560. The summed E-state index contributed by atoms with van der Waals surface area (Å²) in [6.45, 7) is 2.00. The molecule has 2 unspecified atom stereocenters. The van der Waals surface area contributed by atoms with E-state index in [1.54, 1.807) is 26.4 Å². The van der Waals surface area contributed by atoms with Crippen molar-refractivity contribution in [2.75, 3.05) is 38.4 Å². The molecule has 13 heteroatoms. The van der Waals surface area contributed by atoms with E-state index in [9.17, 15) is 34.8 Å². The summed E-state index contributed by atoms with van der Waals surface area (Å²) in [6.07, 6.45) is 2.75. The number of anilines is 3. The number of hydrogen-bond donors (Lipinski definition) is 6. The third kappa shape index (κ3) is 4.10. The number of carbonyl (C=O) groups excluding carboxylic acids is 3. The molecule has 2 aromatic rings. The minimum absolute atomic E-state index is 0.0160. The second-order valence-electron chi connectivity index (χ2n) is 11.1. The van der Waals surface area contributed by atoms with Gasteiger partial charge in [0.25, 0.3) is 5.91 Å². The second kappa shape index (κ2) is 9.86. The molecular formula is C28H33N5O7S. The Morgan fingerprint density at radius 1 is 1.22 bits per heavy atom. The first kappa shape index (κ1) is 28.6. The number of aromatic hydroxyl groups is 1. The van der Waals surface area contributed by atoms with Crippen molar-refractivity contribution in [3.8, 4) is 5.75 Å². The molecule has 4 atom stereocenters. The predicted molar refractivity (Wildman–Crippen MR) is 153 cm³/mol. The summed E-state index contributed by atoms with van der Waals surface area (Å²) >= 11 is 1.41. The molecule has 1 fully saturated rings. The zero-order chi connectivity index (χ0) is 30.1. The maximum Gasteiger partial charge on any atom is 0.255 e. The van der Waals surface area contributed by atoms with Gasteiger partial charge >= 0.3 is 0 Å². The molecule has 218 valence electrons. The van der Waals surface area contributed by atoms with Gasteiger partial charge in [0.15, 0.2) is 16.5 Å². The molecule has 1 saturated carbocycles. The summed E-state index contributed by atoms with van der Waals surface area (Å²) in [6, 6.07) is 0.605. The molecule has 41 heavy (non-hydrogen) atoms. The van der Waals surface area contributed by atoms with E-state index in [0.717, 1.165) is 11.3 Å². The molecule has 0 bridgehead atoms. The Hall–Kier alpha value is -3.94. The molecule has 1 amide bonds. The summed E-state index contributed by atoms with van der Waals surface area (Å²) < 4.78 is 0. The molecule has 0 spiro atoms. The number of phenolic OH excluding ortho intramolecular Hbond substituents is 1. The van der Waals surface area contributed by atoms with E-state index >= 15 is 0 Å². The Balaban J connectivity index is 1.71. The van der Waals surface area contributed by atoms with Crippen LogP contribution in [-0.4, -0.2) is 87.6 Å². The van der Waals surface area contributed by atoms with Crippen LogP contribution in [0, 0.1) is 11.8 Å². The molecule has 1 aromatic carbocycles. The van der Waals surface area contributed by atoms with E-state index < -0.39 is 58.0 Å². The van der Waals surface area contributed by atoms with Gasteiger partial charge < -0.3 is 36.4 Å². The van der Waals surface area contributed by atoms with Crippen LogP contribution in [0.3, 0.4) is 0 Å². The number of rotatable bonds is 6. The predicted octanol–water partition coefficient (Wildman–Crippen LogP) is 1.79. The number of hydrogen-bond acceptors (Lipinski definition) is 12. The molecule has 7 N–H and O–H groups in total. The normalized spacial score (nSPS) is 25.7. The molecule has 3 aliphatic rings. The summed E-state index contributed by atoms with van der Waals surface area (Å²) in [4.78, 5) is 48.1. The Morgan fingerprint density at radius 2 is 1.90 bits per heavy atom. The van der Waals surface area contributed by atoms with Crippen LogP contribution in [0.4, 0.5) is 16.5 Å². The van der Waals surface area contributed by atoms with E-state index in [1.165, 1.54) is 16.2 Å². The number of nitrogens with zero attached hydrogens (tertiary/aromatic N) is 3. The largest absolute Gasteiger partial charge is 0.508 e. The highest BCUT2D eigenvalue weighted by Gasteiger charge is 2.64. The van der Waals surface area contributed by atoms with Gasteiger partial charge in [-0.05, 0) is 50.9 Å². The van der Waals surface area contributed by atoms with Crippen LogP contribution in [0.5, 0.6) is 5.75 Å². The van der Waals surface area contributed by atoms with Crippen molar-refractivity contribution >= 4 is 51.1 Å². The van der Waals surface area contributed by atoms with Crippen LogP contribution >= 0.6 is 11.3 Å². The summed E-state index contributed by atoms with van der Waals surface area (Å²) in [5.41, 5.74) is 3.19. The van der Waals surface area contributed by atoms with Gasteiger partial charge in [0, 0.05) is 42.3 Å². The zero-order valence-corrected chi connectivity index (χ0v) is 24.2. The van der Waals surface area contributed by atoms with E-state index in [4.69, 9.17) is 5.73 Å². The number of benzene rings is 1. The lowest BCUT2D eigenvalue weighted by atomic mass is 9.57. The molecule has 0 radical (unpaired) electrons. The van der Waals surface area contributed by atoms with Crippen LogP contribution in [0.2, 0.25) is 0 Å². The van der Waals surface area contributed by atoms with Crippen molar-refractivity contribution in [1.82, 2.24) is 9.88 Å². The fourth-order valence-electron chi connectivity index (χ4n) is 6.43. The topological polar surface area (TPSA) is 190 Å². The molecular weight excluding hydrogens is 550 g/mol. The quantitative estimate of drug-likeness (QED) is 0.215. The van der Waals surface area contributed by atoms with Crippen LogP contribution in [0.25, 0.3) is 5.76 Å². The first-order valence-corrected chi connectivity index (χ1v) is 14.0. The van der Waals surface area contributed by atoms with E-state index in [1.807, 2.05) is 25.9 Å². The fourth-order valence-corrected chi connectivity index (χ4v) is 7.19. The molecule has 5 rings (SSSR count). The zero-order valence-electron chi connectivity index (χ0n) is 23.3. The lowest BCUT2D eigenvalue weighted by Gasteiger charge is -2.50. The van der Waals surface area contributed by atoms with E-state index in [-0.39, 0.29) is 35.4 Å². The SMILES string of the molecule is CCc1cnc(Nc2cc(N(C)C)c3c(c2O)C(O)=C2C(=O)[C@]4(O)C(O)=C(C(N)=O)C(=O)[C@@H](N(C)C)C4CC2C3)s1. The molecule has 3 aliphatic carbocycles. The molecule has 0 saturated heterocycles. The maximum absolute atomic E-state index is 14.1. The minimum atomic E-state index is -2.68. The average molecular weight is 584 g/mol. The highest BCUT2D eigenvalue weighted by Crippen LogP contribution is 2.54. The summed E-state index contributed by atoms with van der Waals surface area (Å²) in [5, 5.41) is 49.4. The number of aryl methyl sites for hydroxylation is 1. The van der Waals surface area contributed by atoms with Gasteiger partial charge in [0.2, 0.25) is 5.78 Å². The maximum atomic E-state index is 14.1. The van der Waals surface area contributed by atoms with E-state index in [2.05, 4.69) is 10.3 Å². The van der Waals surface area contributed by atoms with Crippen LogP contribution in [0.1, 0.15) is 29.3 Å². The van der Waals surface area contributed by atoms with Crippen molar-refractivity contribution in [3.63, 3.8) is 0 Å². The van der Waals surface area contributed by atoms with Gasteiger partial charge in [0.05, 0.1) is 17.3 Å². The molecule has 0 aliphatic heterocycles. The smallest absolute Gasteiger partial charge is 0.255 e. The van der Waals surface area contributed by atoms with Gasteiger partial charge in [-0.3, -0.25) is 19.3 Å². The fraction of sp³-hybridized carbons (Fsp3) is 0.429. The number of ketones is 2. The number of nitrogens with one attached hydrogen (secondary N) is 1. The monoisotopic (exact) mass is 583 g/mol. The molecule has 1 aromatic heterocycles. The van der Waals surface area contributed by atoms with Crippen molar-refractivity contribution in [1.29, 1.82) is 0 Å². The standard InChI is InChI=1S/C28H33N5O7S/c1-6-12-10-30-27(41-12)31-15-9-16(32(2)3)13-7-11-8-14-20(33(4)5)23(36)19(26(29)39)25(38)28(14,40)24(37)17(11)22(35)18(13)21(15)34/h9-11,14,20,34-35,38,40H,6-8H2,1-5H3,(H2,29,39)(H,30,31)/t11?,14?,20-,28-/m0/s1. The number of Topliss-reactive ketones (excluding diaryl/α,β-unsaturated/α-hetero) is 2. The lowest BCUT2D eigenvalue weighted by molar-refractivity contribution is -0.153. The van der Waals surface area contributed by atoms with Crippen LogP contribution < -0.4 is 16.0 Å². The van der Waals surface area contributed by atoms with Crippen molar-refractivity contribution < 1.29 is 34.8 Å². The van der Waals surface area contributed by atoms with Crippen molar-refractivity contribution in [2.45, 2.75) is 37.8 Å². The van der Waals surface area contributed by atoms with Crippen LogP contribution in [0.15, 0.2) is 29.2 Å². The summed E-state index contributed by atoms with van der Waals surface area (Å²) in [7, 11) is 6.75. The third-order valence-electron chi connectivity index (χ3n) is 8.32. The highest BCUT2D eigenvalue weighted by atomic mass is 32.1. The number of carbonyl (C=O) groups is 3. The molecule has 12 nitrogen and oxygen atoms in total. The number of primary amides is 1. The molecule has 1 heterocycles. The van der Waals surface area contributed by atoms with Gasteiger partial charge in [-0.15, -0.1) is 11.3 Å². The number of aliphatic hydroxyl groups excluding tert-OH is 2. The third-order valence-corrected chi connectivity index (χ3v) is 9.38. The number of thiazole rings is 1. The summed E-state index contributed by atoms with van der Waals surface area (Å²) in [5.74, 6) is -6.85. The number of likely N-dealkylation sites (N-methyl/N-ethyl adjacent to an activating group) is 1. The Morgan fingerprint density at radius 3 is 2.46 bits per heavy atom. The Kier molecular flexibility index (Phi) is 6.87. The first-order valence-electron chi connectivity index (χ1n) is 13.2.